The normalized spacial score (nSPS) is 11.8. The van der Waals surface area contributed by atoms with Crippen LogP contribution in [-0.4, -0.2) is 12.3 Å². The number of halogens is 40. The zero-order chi connectivity index (χ0) is 103. The molecule has 0 unspecified atom stereocenters. The van der Waals surface area contributed by atoms with Crippen LogP contribution in [-0.2, 0) is 47.5 Å². The van der Waals surface area contributed by atoms with Gasteiger partial charge in [0.05, 0.1) is 8.42 Å². The van der Waals surface area contributed by atoms with E-state index in [9.17, 15) is 105 Å². The fourth-order valence-electron chi connectivity index (χ4n) is 15.8. The van der Waals surface area contributed by atoms with Crippen molar-refractivity contribution in [3.05, 3.63) is 376 Å². The molecule has 0 aliphatic rings. The zero-order valence-corrected chi connectivity index (χ0v) is 73.6. The molecule has 0 saturated carbocycles. The molecule has 2 heterocycles. The largest absolute Gasteiger partial charge is 0.221 e. The second kappa shape index (κ2) is 42.1. The molecule has 0 radical (unpaired) electrons. The predicted molar refractivity (Wildman–Crippen MR) is 437 cm³/mol. The van der Waals surface area contributed by atoms with E-state index in [-0.39, 0.29) is 21.8 Å². The van der Waals surface area contributed by atoms with Gasteiger partial charge in [0.15, 0.2) is 159 Å². The van der Waals surface area contributed by atoms with Crippen LogP contribution in [0.5, 0.6) is 0 Å². The van der Waals surface area contributed by atoms with E-state index < -0.39 is 289 Å². The second-order valence-corrected chi connectivity index (χ2v) is 38.3. The van der Waals surface area contributed by atoms with Crippen molar-refractivity contribution in [3.63, 3.8) is 0 Å². The molecular weight excluding hydrogens is 2050 g/mol. The highest BCUT2D eigenvalue weighted by atomic mass is 32.2. The Morgan fingerprint density at radius 3 is 0.417 bits per heavy atom. The number of rotatable bonds is 24. The van der Waals surface area contributed by atoms with E-state index in [1.165, 1.54) is 84.4 Å². The summed E-state index contributed by atoms with van der Waals surface area (Å²) < 4.78 is 593. The fourth-order valence-corrected chi connectivity index (χ4v) is 25.0. The van der Waals surface area contributed by atoms with E-state index in [0.29, 0.717) is 0 Å². The maximum absolute atomic E-state index is 15.4. The Morgan fingerprint density at radius 2 is 0.295 bits per heavy atom. The molecule has 139 heavy (non-hydrogen) atoms. The molecule has 14 aromatic rings. The van der Waals surface area contributed by atoms with Gasteiger partial charge in [0.25, 0.3) is 0 Å². The summed E-state index contributed by atoms with van der Waals surface area (Å²) in [4.78, 5) is 5.61. The van der Waals surface area contributed by atoms with E-state index in [1.54, 1.807) is 0 Å². The van der Waals surface area contributed by atoms with E-state index in [0.717, 1.165) is 25.7 Å². The Morgan fingerprint density at radius 1 is 0.173 bits per heavy atom. The van der Waals surface area contributed by atoms with E-state index >= 15 is 70.2 Å². The Kier molecular flexibility index (Phi) is 32.2. The van der Waals surface area contributed by atoms with Crippen LogP contribution in [0, 0.1) is 233 Å². The number of hydrogen-bond donors (Lipinski definition) is 0. The van der Waals surface area contributed by atoms with E-state index in [1.807, 2.05) is 34.4 Å². The first kappa shape index (κ1) is 106. The van der Waals surface area contributed by atoms with Crippen LogP contribution in [0.3, 0.4) is 0 Å². The summed E-state index contributed by atoms with van der Waals surface area (Å²) in [6.07, 6.45) is -5.17. The summed E-state index contributed by atoms with van der Waals surface area (Å²) in [5.41, 5.74) is -22.9. The van der Waals surface area contributed by atoms with Gasteiger partial charge in [0.1, 0.15) is 127 Å². The van der Waals surface area contributed by atoms with Crippen molar-refractivity contribution in [1.82, 2.24) is 0 Å². The summed E-state index contributed by atoms with van der Waals surface area (Å²) in [7, 11) is -0.251. The van der Waals surface area contributed by atoms with Crippen molar-refractivity contribution < 1.29 is 176 Å². The standard InChI is InChI=1S/C44H48S5.2C24BF20/c1-5-9-33-13-21-37(22-14-33)48(38-23-15-34(10-6-2)16-24-38)43-31-29-41(46-43)45-42-30-32-44(47-42)49(39-25-17-35(11-7-3)18-26-39)40-27-19-36(12-8-4)20-28-40;2*26-5-1(6(27)14(35)21(42)13(5)34)25(2-7(28)15(36)22(43)16(37)8(2)29,3-9(30)17(38)23(44)18(39)10(3)31)4-11(32)19(40)24(45)20(41)12(4)33/h13-32H,5-12H2,1-4H3;;/q+2;2*-1. The summed E-state index contributed by atoms with van der Waals surface area (Å²) in [5, 5.41) is 0. The van der Waals surface area contributed by atoms with Crippen molar-refractivity contribution in [1.29, 1.82) is 0 Å². The van der Waals surface area contributed by atoms with Gasteiger partial charge in [-0.2, -0.15) is 0 Å². The van der Waals surface area contributed by atoms with Crippen LogP contribution in [0.4, 0.5) is 176 Å². The molecule has 12 aromatic carbocycles. The van der Waals surface area contributed by atoms with Gasteiger partial charge in [-0.25, -0.2) is 176 Å². The van der Waals surface area contributed by atoms with Gasteiger partial charge >= 0.3 is 0 Å². The molecule has 14 rings (SSSR count). The average molecular weight is 2100 g/mol. The number of hydrogen-bond acceptors (Lipinski definition) is 3. The number of aryl methyl sites for hydroxylation is 4. The van der Waals surface area contributed by atoms with Gasteiger partial charge in [-0.1, -0.05) is 136 Å². The topological polar surface area (TPSA) is 0 Å². The monoisotopic (exact) mass is 2090 g/mol. The molecule has 0 nitrogen and oxygen atoms in total. The summed E-state index contributed by atoms with van der Waals surface area (Å²) in [5.74, 6) is -143. The van der Waals surface area contributed by atoms with Crippen LogP contribution in [0.15, 0.2) is 158 Å². The third-order valence-electron chi connectivity index (χ3n) is 21.9. The van der Waals surface area contributed by atoms with Gasteiger partial charge in [-0.15, -0.1) is 43.7 Å². The molecule has 732 valence electrons. The number of benzene rings is 12. The lowest BCUT2D eigenvalue weighted by molar-refractivity contribution is 0.377. The van der Waals surface area contributed by atoms with Gasteiger partial charge < -0.3 is 0 Å². The summed E-state index contributed by atoms with van der Waals surface area (Å²) in [6, 6.07) is 47.1. The molecular formula is C92H48B2F40S5. The van der Waals surface area contributed by atoms with Crippen molar-refractivity contribution in [2.75, 3.05) is 0 Å². The predicted octanol–water partition coefficient (Wildman–Crippen LogP) is 25.7. The molecule has 0 spiro atoms. The summed E-state index contributed by atoms with van der Waals surface area (Å²) >= 11 is 5.85. The van der Waals surface area contributed by atoms with Crippen LogP contribution >= 0.6 is 34.4 Å². The first-order chi connectivity index (χ1) is 65.5. The lowest BCUT2D eigenvalue weighted by Crippen LogP contribution is -2.81. The highest BCUT2D eigenvalue weighted by Gasteiger charge is 2.56. The third-order valence-corrected chi connectivity index (χ3v) is 30.5. The lowest BCUT2D eigenvalue weighted by Gasteiger charge is -2.44. The molecule has 0 atom stereocenters. The second-order valence-electron chi connectivity index (χ2n) is 30.0. The molecule has 47 heteroatoms. The minimum atomic E-state index is -7.22. The van der Waals surface area contributed by atoms with Crippen molar-refractivity contribution in [2.24, 2.45) is 0 Å². The SMILES string of the molecule is CCCc1ccc([S+](c2ccc(CCC)cc2)c2ccc(Sc3ccc([S+](c4ccc(CCC)cc4)c4ccc(CCC)cc4)s3)s2)cc1.Fc1c(F)c(F)c([B-](c2c(F)c(F)c(F)c(F)c2F)(c2c(F)c(F)c(F)c(F)c2F)c2c(F)c(F)c(F)c(F)c2F)c(F)c1F.Fc1c(F)c(F)c([B-](c2c(F)c(F)c(F)c(F)c2F)(c2c(F)c(F)c(F)c(F)c2F)c2c(F)c(F)c(F)c(F)c2F)c(F)c1F. The highest BCUT2D eigenvalue weighted by Crippen LogP contribution is 2.46. The van der Waals surface area contributed by atoms with Gasteiger partial charge in [-0.05, 0) is 109 Å². The maximum atomic E-state index is 15.4. The Labute approximate surface area is 775 Å². The molecule has 0 aliphatic heterocycles. The van der Waals surface area contributed by atoms with Crippen LogP contribution in [0.2, 0.25) is 0 Å². The smallest absolute Gasteiger partial charge is 0.207 e. The van der Waals surface area contributed by atoms with Crippen LogP contribution in [0.1, 0.15) is 75.6 Å². The highest BCUT2D eigenvalue weighted by molar-refractivity contribution is 8.04. The van der Waals surface area contributed by atoms with Gasteiger partial charge in [-0.3, -0.25) is 0 Å². The molecule has 0 amide bonds. The van der Waals surface area contributed by atoms with Crippen LogP contribution < -0.4 is 43.7 Å². The lowest BCUT2D eigenvalue weighted by atomic mass is 9.12. The first-order valence-corrected chi connectivity index (χ1v) is 44.6. The quantitative estimate of drug-likeness (QED) is 0.0191. The Hall–Kier alpha value is -11.6. The molecule has 0 bridgehead atoms. The summed E-state index contributed by atoms with van der Waals surface area (Å²) in [6.45, 7) is 9.03. The van der Waals surface area contributed by atoms with Crippen LogP contribution in [0.25, 0.3) is 0 Å². The average Bonchev–Trinajstić information content (AvgIpc) is 1.47. The maximum Gasteiger partial charge on any atom is 0.221 e. The van der Waals surface area contributed by atoms with Crippen molar-refractivity contribution >= 4 is 112 Å². The number of thiophene rings is 2. The minimum absolute atomic E-state index is 0.126. The minimum Gasteiger partial charge on any atom is -0.207 e. The fraction of sp³-hybridized carbons (Fsp3) is 0.130. The molecule has 0 fully saturated rings. The molecule has 0 N–H and O–H groups in total. The van der Waals surface area contributed by atoms with E-state index in [4.69, 9.17) is 0 Å². The first-order valence-electron chi connectivity index (χ1n) is 39.7. The van der Waals surface area contributed by atoms with E-state index in [2.05, 4.69) is 149 Å². The Bertz CT molecular complexity index is 5860. The van der Waals surface area contributed by atoms with Crippen molar-refractivity contribution in [3.8, 4) is 0 Å². The zero-order valence-electron chi connectivity index (χ0n) is 69.5. The van der Waals surface area contributed by atoms with Crippen molar-refractivity contribution in [2.45, 2.75) is 115 Å². The molecule has 0 saturated heterocycles. The third kappa shape index (κ3) is 18.4. The molecule has 0 aliphatic carbocycles. The Balaban J connectivity index is 0.000000187. The molecule has 2 aromatic heterocycles. The van der Waals surface area contributed by atoms with Gasteiger partial charge in [0, 0.05) is 12.1 Å². The van der Waals surface area contributed by atoms with Gasteiger partial charge in [0.2, 0.25) is 8.42 Å².